The molecule has 0 bridgehead atoms. The van der Waals surface area contributed by atoms with Crippen LogP contribution >= 0.6 is 0 Å². The lowest BCUT2D eigenvalue weighted by Gasteiger charge is -2.35. The van der Waals surface area contributed by atoms with Crippen LogP contribution in [0.25, 0.3) is 0 Å². The Morgan fingerprint density at radius 1 is 1.09 bits per heavy atom. The number of anilines is 1. The molecule has 0 unspecified atom stereocenters. The van der Waals surface area contributed by atoms with Crippen molar-refractivity contribution >= 4 is 21.6 Å². The minimum absolute atomic E-state index is 0.111. The van der Waals surface area contributed by atoms with E-state index in [1.807, 2.05) is 44.2 Å². The van der Waals surface area contributed by atoms with Crippen LogP contribution in [-0.2, 0) is 21.2 Å². The zero-order valence-corrected chi connectivity index (χ0v) is 19.8. The summed E-state index contributed by atoms with van der Waals surface area (Å²) in [5.41, 5.74) is 3.54. The number of sulfonamides is 1. The third-order valence-electron chi connectivity index (χ3n) is 5.86. The molecule has 1 heterocycles. The number of nitrogens with one attached hydrogen (secondary N) is 1. The van der Waals surface area contributed by atoms with Gasteiger partial charge >= 0.3 is 0 Å². The molecule has 0 saturated carbocycles. The Balaban J connectivity index is 1.61. The van der Waals surface area contributed by atoms with E-state index in [2.05, 4.69) is 12.2 Å². The Labute approximate surface area is 195 Å². The van der Waals surface area contributed by atoms with E-state index in [9.17, 15) is 13.2 Å². The van der Waals surface area contributed by atoms with Gasteiger partial charge in [-0.2, -0.15) is 0 Å². The Kier molecular flexibility index (Phi) is 6.42. The van der Waals surface area contributed by atoms with Gasteiger partial charge in [-0.3, -0.25) is 9.10 Å². The molecule has 0 spiro atoms. The van der Waals surface area contributed by atoms with Crippen LogP contribution in [0.3, 0.4) is 0 Å². The summed E-state index contributed by atoms with van der Waals surface area (Å²) in [6, 6.07) is 21.4. The number of benzene rings is 3. The highest BCUT2D eigenvalue weighted by Gasteiger charge is 2.37. The van der Waals surface area contributed by atoms with Crippen LogP contribution in [0.15, 0.2) is 77.7 Å². The first-order valence-electron chi connectivity index (χ1n) is 11.0. The fraction of sp³-hybridized carbons (Fsp3) is 0.269. The summed E-state index contributed by atoms with van der Waals surface area (Å²) in [7, 11) is -3.87. The molecule has 2 atom stereocenters. The molecule has 4 rings (SSSR count). The molecule has 0 aliphatic carbocycles. The van der Waals surface area contributed by atoms with E-state index >= 15 is 0 Å². The Hall–Kier alpha value is -3.32. The van der Waals surface area contributed by atoms with Gasteiger partial charge in [-0.15, -0.1) is 0 Å². The van der Waals surface area contributed by atoms with Gasteiger partial charge in [0.15, 0.2) is 6.10 Å². The molecular formula is C26H28N2O4S. The highest BCUT2D eigenvalue weighted by Crippen LogP contribution is 2.37. The second-order valence-corrected chi connectivity index (χ2v) is 10.1. The molecule has 1 aliphatic rings. The van der Waals surface area contributed by atoms with E-state index in [0.29, 0.717) is 11.4 Å². The topological polar surface area (TPSA) is 75.7 Å². The number of hydrogen-bond acceptors (Lipinski definition) is 4. The van der Waals surface area contributed by atoms with Gasteiger partial charge in [0.1, 0.15) is 5.75 Å². The van der Waals surface area contributed by atoms with E-state index in [1.165, 1.54) is 9.87 Å². The fourth-order valence-corrected chi connectivity index (χ4v) is 5.37. The summed E-state index contributed by atoms with van der Waals surface area (Å²) in [6.07, 6.45) is -0.0308. The predicted molar refractivity (Wildman–Crippen MR) is 129 cm³/mol. The molecule has 0 fully saturated rings. The summed E-state index contributed by atoms with van der Waals surface area (Å²) in [6.45, 7) is 5.78. The second kappa shape index (κ2) is 9.27. The summed E-state index contributed by atoms with van der Waals surface area (Å²) in [4.78, 5) is 13.3. The zero-order chi connectivity index (χ0) is 23.6. The minimum atomic E-state index is -3.87. The van der Waals surface area contributed by atoms with Gasteiger partial charge in [0.05, 0.1) is 23.2 Å². The van der Waals surface area contributed by atoms with Crippen molar-refractivity contribution in [1.82, 2.24) is 5.32 Å². The van der Waals surface area contributed by atoms with Crippen molar-refractivity contribution in [2.45, 2.75) is 44.2 Å². The van der Waals surface area contributed by atoms with E-state index in [0.717, 1.165) is 17.5 Å². The third kappa shape index (κ3) is 4.73. The molecule has 0 radical (unpaired) electrons. The molecule has 7 heteroatoms. The van der Waals surface area contributed by atoms with Gasteiger partial charge in [0, 0.05) is 0 Å². The lowest BCUT2D eigenvalue weighted by molar-refractivity contribution is -0.128. The molecule has 0 aromatic heterocycles. The highest BCUT2D eigenvalue weighted by molar-refractivity contribution is 7.92. The average molecular weight is 465 g/mol. The summed E-state index contributed by atoms with van der Waals surface area (Å²) >= 11 is 0. The second-order valence-electron chi connectivity index (χ2n) is 8.25. The molecular weight excluding hydrogens is 436 g/mol. The Bertz CT molecular complexity index is 1240. The number of fused-ring (bicyclic) bond motifs is 1. The van der Waals surface area contributed by atoms with Crippen LogP contribution in [0.1, 0.15) is 36.6 Å². The molecule has 172 valence electrons. The number of aryl methyl sites for hydroxylation is 2. The number of amides is 1. The normalized spacial score (nSPS) is 16.5. The van der Waals surface area contributed by atoms with Crippen molar-refractivity contribution < 1.29 is 17.9 Å². The number of ether oxygens (including phenoxy) is 1. The number of rotatable bonds is 6. The van der Waals surface area contributed by atoms with Crippen LogP contribution in [0, 0.1) is 6.92 Å². The van der Waals surface area contributed by atoms with Crippen molar-refractivity contribution in [1.29, 1.82) is 0 Å². The smallest absolute Gasteiger partial charge is 0.264 e. The molecule has 1 aliphatic heterocycles. The summed E-state index contributed by atoms with van der Waals surface area (Å²) in [5.74, 6) is 0.0170. The van der Waals surface area contributed by atoms with E-state index in [4.69, 9.17) is 4.74 Å². The van der Waals surface area contributed by atoms with Crippen molar-refractivity contribution in [2.75, 3.05) is 10.8 Å². The lowest BCUT2D eigenvalue weighted by atomic mass is 10.0. The van der Waals surface area contributed by atoms with Crippen molar-refractivity contribution in [3.8, 4) is 5.75 Å². The number of nitrogens with zero attached hydrogens (tertiary/aromatic N) is 1. The van der Waals surface area contributed by atoms with Crippen LogP contribution < -0.4 is 14.4 Å². The molecule has 6 nitrogen and oxygen atoms in total. The van der Waals surface area contributed by atoms with Gasteiger partial charge in [-0.05, 0) is 61.2 Å². The summed E-state index contributed by atoms with van der Waals surface area (Å²) < 4.78 is 34.2. The summed E-state index contributed by atoms with van der Waals surface area (Å²) in [5, 5.41) is 2.98. The Morgan fingerprint density at radius 3 is 2.45 bits per heavy atom. The largest absolute Gasteiger partial charge is 0.476 e. The fourth-order valence-electron chi connectivity index (χ4n) is 3.88. The van der Waals surface area contributed by atoms with Crippen molar-refractivity contribution in [3.63, 3.8) is 0 Å². The third-order valence-corrected chi connectivity index (χ3v) is 7.65. The highest BCUT2D eigenvalue weighted by atomic mass is 32.2. The van der Waals surface area contributed by atoms with Crippen LogP contribution in [0.2, 0.25) is 0 Å². The van der Waals surface area contributed by atoms with E-state index in [1.54, 1.807) is 42.5 Å². The van der Waals surface area contributed by atoms with Gasteiger partial charge in [-0.25, -0.2) is 8.42 Å². The first-order valence-corrected chi connectivity index (χ1v) is 12.5. The van der Waals surface area contributed by atoms with Gasteiger partial charge < -0.3 is 10.1 Å². The van der Waals surface area contributed by atoms with Crippen LogP contribution in [-0.4, -0.2) is 27.0 Å². The molecule has 1 N–H and O–H groups in total. The van der Waals surface area contributed by atoms with Gasteiger partial charge in [-0.1, -0.05) is 55.5 Å². The molecule has 3 aromatic rings. The number of carbonyl (C=O) groups excluding carboxylic acids is 1. The number of hydrogen-bond donors (Lipinski definition) is 1. The van der Waals surface area contributed by atoms with E-state index < -0.39 is 16.1 Å². The van der Waals surface area contributed by atoms with Crippen molar-refractivity contribution in [2.24, 2.45) is 0 Å². The maximum Gasteiger partial charge on any atom is 0.264 e. The van der Waals surface area contributed by atoms with Crippen LogP contribution in [0.4, 0.5) is 5.69 Å². The molecule has 3 aromatic carbocycles. The van der Waals surface area contributed by atoms with Gasteiger partial charge in [0.2, 0.25) is 0 Å². The average Bonchev–Trinajstić information content (AvgIpc) is 2.83. The molecule has 1 amide bonds. The lowest BCUT2D eigenvalue weighted by Crippen LogP contribution is -2.51. The minimum Gasteiger partial charge on any atom is -0.476 e. The standard InChI is InChI=1S/C26H28N2O4S/c1-4-20-11-13-21(14-12-20)19(3)27-26(29)25-17-28(23-15-10-18(2)16-24(23)32-25)33(30,31)22-8-6-5-7-9-22/h5-16,19,25H,4,17H2,1-3H3,(H,27,29)/t19-,25+/m1/s1. The van der Waals surface area contributed by atoms with Crippen LogP contribution in [0.5, 0.6) is 5.75 Å². The van der Waals surface area contributed by atoms with Crippen molar-refractivity contribution in [3.05, 3.63) is 89.5 Å². The monoisotopic (exact) mass is 464 g/mol. The maximum atomic E-state index is 13.4. The zero-order valence-electron chi connectivity index (χ0n) is 19.0. The van der Waals surface area contributed by atoms with Gasteiger partial charge in [0.25, 0.3) is 15.9 Å². The van der Waals surface area contributed by atoms with E-state index in [-0.39, 0.29) is 23.4 Å². The maximum absolute atomic E-state index is 13.4. The Morgan fingerprint density at radius 2 is 1.79 bits per heavy atom. The predicted octanol–water partition coefficient (Wildman–Crippen LogP) is 4.39. The molecule has 0 saturated heterocycles. The SMILES string of the molecule is CCc1ccc([C@@H](C)NC(=O)[C@@H]2CN(S(=O)(=O)c3ccccc3)c3ccc(C)cc3O2)cc1. The molecule has 33 heavy (non-hydrogen) atoms. The first kappa shape index (κ1) is 22.9. The first-order chi connectivity index (χ1) is 15.8. The quantitative estimate of drug-likeness (QED) is 0.587. The number of carbonyl (C=O) groups is 1.